The summed E-state index contributed by atoms with van der Waals surface area (Å²) in [7, 11) is 0. The van der Waals surface area contributed by atoms with Crippen molar-refractivity contribution in [2.24, 2.45) is 0 Å². The van der Waals surface area contributed by atoms with Crippen LogP contribution in [0.3, 0.4) is 0 Å². The summed E-state index contributed by atoms with van der Waals surface area (Å²) in [6, 6.07) is 34.1. The van der Waals surface area contributed by atoms with E-state index >= 15 is 0 Å². The fraction of sp³-hybridized carbons (Fsp3) is 0.119. The predicted molar refractivity (Wildman–Crippen MR) is 191 cm³/mol. The summed E-state index contributed by atoms with van der Waals surface area (Å²) < 4.78 is 48.1. The Morgan fingerprint density at radius 3 is 1.40 bits per heavy atom. The molecule has 0 atom stereocenters. The third-order valence-electron chi connectivity index (χ3n) is 9.39. The Morgan fingerprint density at radius 1 is 0.521 bits per heavy atom. The summed E-state index contributed by atoms with van der Waals surface area (Å²) in [5.74, 6) is 0. The zero-order valence-corrected chi connectivity index (χ0v) is 26.9. The number of benzene rings is 6. The van der Waals surface area contributed by atoms with Gasteiger partial charge in [0.15, 0.2) is 0 Å². The number of aryl methyl sites for hydroxylation is 4. The van der Waals surface area contributed by atoms with Crippen LogP contribution >= 0.6 is 0 Å². The van der Waals surface area contributed by atoms with Gasteiger partial charge in [-0.05, 0) is 97.5 Å². The van der Waals surface area contributed by atoms with E-state index in [1.165, 1.54) is 12.1 Å². The Balaban J connectivity index is 1.61. The van der Waals surface area contributed by atoms with Crippen LogP contribution in [-0.4, -0.2) is 9.13 Å². The fourth-order valence-electron chi connectivity index (χ4n) is 7.25. The molecule has 2 heterocycles. The van der Waals surface area contributed by atoms with E-state index in [9.17, 15) is 13.2 Å². The van der Waals surface area contributed by atoms with Crippen LogP contribution in [0.2, 0.25) is 0 Å². The van der Waals surface area contributed by atoms with Crippen molar-refractivity contribution in [1.29, 1.82) is 0 Å². The van der Waals surface area contributed by atoms with Crippen LogP contribution in [0, 0.1) is 34.3 Å². The number of hydrogen-bond donors (Lipinski definition) is 0. The van der Waals surface area contributed by atoms with Gasteiger partial charge in [-0.3, -0.25) is 0 Å². The van der Waals surface area contributed by atoms with E-state index in [2.05, 4.69) is 70.1 Å². The first-order valence-corrected chi connectivity index (χ1v) is 15.8. The lowest BCUT2D eigenvalue weighted by atomic mass is 9.95. The lowest BCUT2D eigenvalue weighted by Crippen LogP contribution is -2.09. The number of alkyl halides is 3. The molecule has 8 aromatic rings. The first-order valence-electron chi connectivity index (χ1n) is 15.8. The summed E-state index contributed by atoms with van der Waals surface area (Å²) >= 11 is 0. The average molecular weight is 634 g/mol. The van der Waals surface area contributed by atoms with Gasteiger partial charge in [0.25, 0.3) is 0 Å². The van der Waals surface area contributed by atoms with Gasteiger partial charge < -0.3 is 9.13 Å². The molecule has 0 aliphatic rings. The van der Waals surface area contributed by atoms with E-state index in [0.717, 1.165) is 71.9 Å². The molecule has 2 aromatic heterocycles. The maximum absolute atomic E-state index is 14.7. The van der Waals surface area contributed by atoms with Gasteiger partial charge in [-0.1, -0.05) is 72.8 Å². The van der Waals surface area contributed by atoms with Gasteiger partial charge in [-0.2, -0.15) is 13.2 Å². The van der Waals surface area contributed by atoms with E-state index in [4.69, 9.17) is 6.57 Å². The molecule has 0 saturated carbocycles. The van der Waals surface area contributed by atoms with Crippen molar-refractivity contribution in [2.75, 3.05) is 0 Å². The molecule has 0 fully saturated rings. The predicted octanol–water partition coefficient (Wildman–Crippen LogP) is 12.4. The smallest absolute Gasteiger partial charge is 0.319 e. The van der Waals surface area contributed by atoms with Gasteiger partial charge in [0.1, 0.15) is 0 Å². The van der Waals surface area contributed by atoms with E-state index in [-0.39, 0.29) is 11.3 Å². The van der Waals surface area contributed by atoms with Crippen LogP contribution in [0.1, 0.15) is 27.8 Å². The molecule has 0 bridgehead atoms. The van der Waals surface area contributed by atoms with E-state index in [1.807, 2.05) is 50.5 Å². The Morgan fingerprint density at radius 2 is 0.958 bits per heavy atom. The summed E-state index contributed by atoms with van der Waals surface area (Å²) in [6.45, 7) is 16.8. The van der Waals surface area contributed by atoms with Crippen LogP contribution in [0.4, 0.5) is 18.9 Å². The normalized spacial score (nSPS) is 12.0. The summed E-state index contributed by atoms with van der Waals surface area (Å²) in [5, 5.41) is 4.02. The third-order valence-corrected chi connectivity index (χ3v) is 9.39. The first-order chi connectivity index (χ1) is 23.0. The highest BCUT2D eigenvalue weighted by Gasteiger charge is 2.35. The first kappa shape index (κ1) is 29.6. The lowest BCUT2D eigenvalue weighted by molar-refractivity contribution is -0.137. The molecule has 8 rings (SSSR count). The number of fused-ring (bicyclic) bond motifs is 6. The van der Waals surface area contributed by atoms with Gasteiger partial charge in [0.2, 0.25) is 5.69 Å². The second-order valence-electron chi connectivity index (χ2n) is 12.7. The van der Waals surface area contributed by atoms with Crippen LogP contribution in [0.25, 0.3) is 71.0 Å². The quantitative estimate of drug-likeness (QED) is 0.172. The Hall–Kier alpha value is -5.80. The van der Waals surface area contributed by atoms with Crippen molar-refractivity contribution in [2.45, 2.75) is 33.9 Å². The standard InChI is InChI=1S/C42H30F3N3/c1-24-10-14-29-30-15-11-25(2)21-37(30)47(36(29)20-24)35-19-18-33(28-8-6-7-9-34(28)42(43,44)45)41(40(35)46-5)48-38-22-26(3)12-16-31(38)32-17-13-27(4)23-39(32)48/h6-23H,1-4H3. The highest BCUT2D eigenvalue weighted by Crippen LogP contribution is 2.48. The molecule has 3 nitrogen and oxygen atoms in total. The van der Waals surface area contributed by atoms with E-state index < -0.39 is 11.7 Å². The molecule has 0 saturated heterocycles. The van der Waals surface area contributed by atoms with E-state index in [1.54, 1.807) is 12.1 Å². The number of nitrogens with zero attached hydrogens (tertiary/aromatic N) is 3. The Bertz CT molecular complexity index is 2540. The van der Waals surface area contributed by atoms with Crippen LogP contribution < -0.4 is 0 Å². The minimum absolute atomic E-state index is 0.0284. The maximum atomic E-state index is 14.7. The molecular weight excluding hydrogens is 603 g/mol. The number of rotatable bonds is 3. The van der Waals surface area contributed by atoms with Crippen molar-refractivity contribution in [3.8, 4) is 22.5 Å². The van der Waals surface area contributed by atoms with Gasteiger partial charge in [-0.15, -0.1) is 0 Å². The maximum Gasteiger partial charge on any atom is 0.417 e. The molecule has 0 aliphatic carbocycles. The monoisotopic (exact) mass is 633 g/mol. The molecule has 0 unspecified atom stereocenters. The topological polar surface area (TPSA) is 14.2 Å². The molecule has 6 aromatic carbocycles. The highest BCUT2D eigenvalue weighted by atomic mass is 19.4. The third kappa shape index (κ3) is 4.42. The van der Waals surface area contributed by atoms with Crippen molar-refractivity contribution in [3.63, 3.8) is 0 Å². The summed E-state index contributed by atoms with van der Waals surface area (Å²) in [6.07, 6.45) is -4.60. The fourth-order valence-corrected chi connectivity index (χ4v) is 7.25. The van der Waals surface area contributed by atoms with Crippen LogP contribution in [0.5, 0.6) is 0 Å². The van der Waals surface area contributed by atoms with Gasteiger partial charge >= 0.3 is 6.18 Å². The molecule has 0 radical (unpaired) electrons. The van der Waals surface area contributed by atoms with Crippen molar-refractivity contribution >= 4 is 49.3 Å². The SMILES string of the molecule is [C-]#[N+]c1c(-n2c3cc(C)ccc3c3ccc(C)cc32)ccc(-c2ccccc2C(F)(F)F)c1-n1c2cc(C)ccc2c2ccc(C)cc21. The Labute approximate surface area is 275 Å². The minimum Gasteiger partial charge on any atom is -0.319 e. The molecule has 234 valence electrons. The highest BCUT2D eigenvalue weighted by molar-refractivity contribution is 6.13. The number of hydrogen-bond acceptors (Lipinski definition) is 0. The van der Waals surface area contributed by atoms with E-state index in [0.29, 0.717) is 16.9 Å². The summed E-state index contributed by atoms with van der Waals surface area (Å²) in [4.78, 5) is 4.20. The molecule has 0 N–H and O–H groups in total. The van der Waals surface area contributed by atoms with Crippen LogP contribution in [0.15, 0.2) is 109 Å². The molecule has 0 amide bonds. The van der Waals surface area contributed by atoms with Crippen molar-refractivity contribution in [1.82, 2.24) is 9.13 Å². The summed E-state index contributed by atoms with van der Waals surface area (Å²) in [5.41, 5.74) is 8.61. The number of halogens is 3. The van der Waals surface area contributed by atoms with Gasteiger partial charge in [0, 0.05) is 21.5 Å². The van der Waals surface area contributed by atoms with Gasteiger partial charge in [-0.25, -0.2) is 4.85 Å². The molecule has 6 heteroatoms. The second kappa shape index (κ2) is 10.6. The number of aromatic nitrogens is 2. The lowest BCUT2D eigenvalue weighted by Gasteiger charge is -2.22. The van der Waals surface area contributed by atoms with Crippen molar-refractivity contribution in [3.05, 3.63) is 148 Å². The van der Waals surface area contributed by atoms with Crippen LogP contribution in [-0.2, 0) is 6.18 Å². The largest absolute Gasteiger partial charge is 0.417 e. The zero-order valence-electron chi connectivity index (χ0n) is 26.9. The molecular formula is C42H30F3N3. The average Bonchev–Trinajstić information content (AvgIpc) is 3.53. The molecule has 0 spiro atoms. The zero-order chi connectivity index (χ0) is 33.5. The van der Waals surface area contributed by atoms with Gasteiger partial charge in [0.05, 0.1) is 45.6 Å². The van der Waals surface area contributed by atoms with Crippen molar-refractivity contribution < 1.29 is 13.2 Å². The Kier molecular flexibility index (Phi) is 6.54. The molecule has 48 heavy (non-hydrogen) atoms. The second-order valence-corrected chi connectivity index (χ2v) is 12.7. The minimum atomic E-state index is -4.60. The molecule has 0 aliphatic heterocycles.